The molecule has 0 atom stereocenters. The van der Waals surface area contributed by atoms with Crippen LogP contribution in [0.1, 0.15) is 25.6 Å². The molecule has 1 aromatic heterocycles. The smallest absolute Gasteiger partial charge is 0.238 e. The minimum absolute atomic E-state index is 0.0667. The van der Waals surface area contributed by atoms with Crippen molar-refractivity contribution in [2.24, 2.45) is 5.14 Å². The molecular weight excluding hydrogens is 278 g/mol. The summed E-state index contributed by atoms with van der Waals surface area (Å²) in [6.07, 6.45) is 3.51. The standard InChI is InChI=1S/C13H17N3O3S/c1-10(2)16-9-15-7-11(16)8-19-12-3-5-13(6-4-12)20(14,17)18/h3-7,9-10H,8H2,1-2H3,(H2,14,17,18). The molecule has 2 N–H and O–H groups in total. The van der Waals surface area contributed by atoms with Gasteiger partial charge in [0.2, 0.25) is 10.0 Å². The number of nitrogens with two attached hydrogens (primary N) is 1. The average Bonchev–Trinajstić information content (AvgIpc) is 2.84. The summed E-state index contributed by atoms with van der Waals surface area (Å²) in [4.78, 5) is 4.16. The summed E-state index contributed by atoms with van der Waals surface area (Å²) in [6.45, 7) is 4.49. The van der Waals surface area contributed by atoms with Crippen LogP contribution in [0.4, 0.5) is 0 Å². The van der Waals surface area contributed by atoms with E-state index in [-0.39, 0.29) is 4.90 Å². The van der Waals surface area contributed by atoms with E-state index >= 15 is 0 Å². The van der Waals surface area contributed by atoms with Crippen LogP contribution in [-0.2, 0) is 16.6 Å². The summed E-state index contributed by atoms with van der Waals surface area (Å²) in [5.41, 5.74) is 0.954. The van der Waals surface area contributed by atoms with Gasteiger partial charge in [-0.15, -0.1) is 0 Å². The summed E-state index contributed by atoms with van der Waals surface area (Å²) in [7, 11) is -3.67. The highest BCUT2D eigenvalue weighted by Gasteiger charge is 2.08. The SMILES string of the molecule is CC(C)n1cncc1COc1ccc(S(N)(=O)=O)cc1. The summed E-state index contributed by atoms with van der Waals surface area (Å²) in [6, 6.07) is 6.31. The van der Waals surface area contributed by atoms with Gasteiger partial charge >= 0.3 is 0 Å². The Morgan fingerprint density at radius 2 is 1.95 bits per heavy atom. The van der Waals surface area contributed by atoms with E-state index in [0.717, 1.165) is 5.69 Å². The second-order valence-corrected chi connectivity index (χ2v) is 6.25. The van der Waals surface area contributed by atoms with Crippen molar-refractivity contribution in [3.63, 3.8) is 0 Å². The fourth-order valence-electron chi connectivity index (χ4n) is 1.79. The van der Waals surface area contributed by atoms with E-state index in [9.17, 15) is 8.42 Å². The number of imidazole rings is 1. The molecule has 0 saturated heterocycles. The molecule has 0 bridgehead atoms. The monoisotopic (exact) mass is 295 g/mol. The van der Waals surface area contributed by atoms with Crippen molar-refractivity contribution in [3.05, 3.63) is 42.5 Å². The Labute approximate surface area is 118 Å². The van der Waals surface area contributed by atoms with E-state index in [0.29, 0.717) is 18.4 Å². The van der Waals surface area contributed by atoms with Crippen LogP contribution in [0, 0.1) is 0 Å². The molecule has 0 aliphatic heterocycles. The number of benzene rings is 1. The minimum Gasteiger partial charge on any atom is -0.487 e. The van der Waals surface area contributed by atoms with Crippen molar-refractivity contribution in [2.45, 2.75) is 31.4 Å². The minimum atomic E-state index is -3.67. The van der Waals surface area contributed by atoms with Gasteiger partial charge in [0.25, 0.3) is 0 Å². The van der Waals surface area contributed by atoms with Crippen molar-refractivity contribution in [1.82, 2.24) is 9.55 Å². The highest BCUT2D eigenvalue weighted by Crippen LogP contribution is 2.17. The maximum absolute atomic E-state index is 11.1. The zero-order valence-corrected chi connectivity index (χ0v) is 12.2. The van der Waals surface area contributed by atoms with Gasteiger partial charge in [-0.3, -0.25) is 0 Å². The summed E-state index contributed by atoms with van der Waals surface area (Å²) in [5, 5.41) is 5.03. The van der Waals surface area contributed by atoms with Gasteiger partial charge in [-0.25, -0.2) is 18.5 Å². The first-order valence-corrected chi connectivity index (χ1v) is 7.69. The van der Waals surface area contributed by atoms with Crippen LogP contribution in [0.2, 0.25) is 0 Å². The zero-order chi connectivity index (χ0) is 14.8. The quantitative estimate of drug-likeness (QED) is 0.909. The third-order valence-electron chi connectivity index (χ3n) is 2.84. The van der Waals surface area contributed by atoms with E-state index in [2.05, 4.69) is 18.8 Å². The second-order valence-electron chi connectivity index (χ2n) is 4.69. The van der Waals surface area contributed by atoms with Gasteiger partial charge in [0, 0.05) is 6.04 Å². The molecule has 108 valence electrons. The Balaban J connectivity index is 2.06. The Morgan fingerprint density at radius 1 is 1.30 bits per heavy atom. The predicted octanol–water partition coefficient (Wildman–Crippen LogP) is 1.69. The van der Waals surface area contributed by atoms with Crippen LogP contribution >= 0.6 is 0 Å². The second kappa shape index (κ2) is 5.64. The van der Waals surface area contributed by atoms with Crippen LogP contribution in [0.25, 0.3) is 0 Å². The summed E-state index contributed by atoms with van der Waals surface area (Å²) < 4.78 is 29.9. The largest absolute Gasteiger partial charge is 0.487 e. The van der Waals surface area contributed by atoms with E-state index in [1.165, 1.54) is 12.1 Å². The lowest BCUT2D eigenvalue weighted by Crippen LogP contribution is -2.12. The first kappa shape index (κ1) is 14.5. The number of rotatable bonds is 5. The number of nitrogens with zero attached hydrogens (tertiary/aromatic N) is 2. The van der Waals surface area contributed by atoms with E-state index in [1.54, 1.807) is 24.7 Å². The van der Waals surface area contributed by atoms with Crippen LogP contribution in [0.5, 0.6) is 5.75 Å². The van der Waals surface area contributed by atoms with Gasteiger partial charge in [-0.2, -0.15) is 0 Å². The van der Waals surface area contributed by atoms with Crippen LogP contribution in [0.15, 0.2) is 41.7 Å². The molecule has 1 heterocycles. The Morgan fingerprint density at radius 3 is 2.50 bits per heavy atom. The topological polar surface area (TPSA) is 87.2 Å². The molecule has 0 amide bonds. The van der Waals surface area contributed by atoms with E-state index in [1.807, 2.05) is 4.57 Å². The average molecular weight is 295 g/mol. The number of sulfonamides is 1. The first-order chi connectivity index (χ1) is 9.38. The van der Waals surface area contributed by atoms with Gasteiger partial charge in [-0.05, 0) is 38.1 Å². The number of ether oxygens (including phenoxy) is 1. The van der Waals surface area contributed by atoms with Gasteiger partial charge < -0.3 is 9.30 Å². The van der Waals surface area contributed by atoms with Crippen molar-refractivity contribution in [1.29, 1.82) is 0 Å². The molecule has 0 unspecified atom stereocenters. The molecule has 2 aromatic rings. The Kier molecular flexibility index (Phi) is 4.10. The molecule has 20 heavy (non-hydrogen) atoms. The van der Waals surface area contributed by atoms with Crippen molar-refractivity contribution >= 4 is 10.0 Å². The number of hydrogen-bond donors (Lipinski definition) is 1. The van der Waals surface area contributed by atoms with Crippen LogP contribution in [0.3, 0.4) is 0 Å². The lowest BCUT2D eigenvalue weighted by Gasteiger charge is -2.12. The van der Waals surface area contributed by atoms with Gasteiger partial charge in [0.15, 0.2) is 0 Å². The Hall–Kier alpha value is -1.86. The zero-order valence-electron chi connectivity index (χ0n) is 11.4. The fourth-order valence-corrected chi connectivity index (χ4v) is 2.31. The molecule has 0 radical (unpaired) electrons. The van der Waals surface area contributed by atoms with Gasteiger partial charge in [-0.1, -0.05) is 0 Å². The van der Waals surface area contributed by atoms with Crippen molar-refractivity contribution in [2.75, 3.05) is 0 Å². The molecule has 0 spiro atoms. The maximum atomic E-state index is 11.1. The summed E-state index contributed by atoms with van der Waals surface area (Å²) >= 11 is 0. The van der Waals surface area contributed by atoms with Gasteiger partial charge in [0.1, 0.15) is 12.4 Å². The molecule has 6 nitrogen and oxygen atoms in total. The lowest BCUT2D eigenvalue weighted by atomic mass is 10.3. The molecule has 0 fully saturated rings. The molecule has 7 heteroatoms. The van der Waals surface area contributed by atoms with Crippen molar-refractivity contribution < 1.29 is 13.2 Å². The molecule has 2 rings (SSSR count). The normalized spacial score (nSPS) is 11.8. The molecular formula is C13H17N3O3S. The highest BCUT2D eigenvalue weighted by molar-refractivity contribution is 7.89. The number of primary sulfonamides is 1. The van der Waals surface area contributed by atoms with Crippen LogP contribution < -0.4 is 9.88 Å². The van der Waals surface area contributed by atoms with Crippen LogP contribution in [-0.4, -0.2) is 18.0 Å². The molecule has 1 aromatic carbocycles. The maximum Gasteiger partial charge on any atom is 0.238 e. The number of hydrogen-bond acceptors (Lipinski definition) is 4. The lowest BCUT2D eigenvalue weighted by molar-refractivity contribution is 0.292. The highest BCUT2D eigenvalue weighted by atomic mass is 32.2. The van der Waals surface area contributed by atoms with Crippen molar-refractivity contribution in [3.8, 4) is 5.75 Å². The van der Waals surface area contributed by atoms with Gasteiger partial charge in [0.05, 0.1) is 23.1 Å². The summed E-state index contributed by atoms with van der Waals surface area (Å²) in [5.74, 6) is 0.578. The third-order valence-corrected chi connectivity index (χ3v) is 3.77. The third kappa shape index (κ3) is 3.37. The molecule has 0 aliphatic rings. The molecule has 0 saturated carbocycles. The predicted molar refractivity (Wildman–Crippen MR) is 74.8 cm³/mol. The first-order valence-electron chi connectivity index (χ1n) is 6.14. The fraction of sp³-hybridized carbons (Fsp3) is 0.308. The number of aromatic nitrogens is 2. The van der Waals surface area contributed by atoms with E-state index < -0.39 is 10.0 Å². The van der Waals surface area contributed by atoms with E-state index in [4.69, 9.17) is 9.88 Å². The Bertz CT molecular complexity index is 675. The molecule has 0 aliphatic carbocycles.